The first-order chi connectivity index (χ1) is 14.3. The van der Waals surface area contributed by atoms with Crippen molar-refractivity contribution in [3.8, 4) is 0 Å². The van der Waals surface area contributed by atoms with Crippen LogP contribution in [-0.2, 0) is 9.59 Å². The highest BCUT2D eigenvalue weighted by molar-refractivity contribution is 8.26. The molecule has 3 amide bonds. The van der Waals surface area contributed by atoms with E-state index in [0.29, 0.717) is 15.0 Å². The Bertz CT molecular complexity index is 1050. The van der Waals surface area contributed by atoms with Crippen LogP contribution in [0.25, 0.3) is 6.08 Å². The molecule has 0 aliphatic carbocycles. The van der Waals surface area contributed by atoms with Gasteiger partial charge >= 0.3 is 0 Å². The van der Waals surface area contributed by atoms with Gasteiger partial charge < -0.3 is 4.42 Å². The Labute approximate surface area is 179 Å². The van der Waals surface area contributed by atoms with E-state index in [-0.39, 0.29) is 30.1 Å². The van der Waals surface area contributed by atoms with E-state index in [0.717, 1.165) is 17.8 Å². The summed E-state index contributed by atoms with van der Waals surface area (Å²) in [5, 5.41) is 10.8. The number of hydrogen-bond acceptors (Lipinski definition) is 8. The molecule has 0 unspecified atom stereocenters. The van der Waals surface area contributed by atoms with Gasteiger partial charge in [-0.25, -0.2) is 0 Å². The molecule has 1 fully saturated rings. The molecule has 1 aromatic heterocycles. The number of carbonyl (C=O) groups is 3. The van der Waals surface area contributed by atoms with Crippen LogP contribution in [0.1, 0.15) is 22.5 Å². The molecule has 1 aliphatic rings. The molecule has 2 aromatic rings. The number of amides is 3. The Kier molecular flexibility index (Phi) is 6.59. The average molecular weight is 446 g/mol. The van der Waals surface area contributed by atoms with E-state index in [9.17, 15) is 24.5 Å². The van der Waals surface area contributed by atoms with Crippen molar-refractivity contribution in [2.45, 2.75) is 6.42 Å². The highest BCUT2D eigenvalue weighted by atomic mass is 32.2. The van der Waals surface area contributed by atoms with Gasteiger partial charge in [0.05, 0.1) is 16.1 Å². The molecule has 0 spiro atoms. The van der Waals surface area contributed by atoms with E-state index in [1.54, 1.807) is 18.2 Å². The zero-order chi connectivity index (χ0) is 21.7. The fraction of sp³-hybridized carbons (Fsp3) is 0.111. The van der Waals surface area contributed by atoms with Crippen LogP contribution in [0.4, 0.5) is 5.69 Å². The zero-order valence-corrected chi connectivity index (χ0v) is 16.8. The Hall–Kier alpha value is -3.51. The molecule has 2 N–H and O–H groups in total. The number of nitro groups is 1. The summed E-state index contributed by atoms with van der Waals surface area (Å²) in [7, 11) is 0. The van der Waals surface area contributed by atoms with Crippen LogP contribution in [0.15, 0.2) is 52.0 Å². The number of furan rings is 1. The molecule has 0 saturated carbocycles. The number of nitro benzene ring substituents is 1. The van der Waals surface area contributed by atoms with Crippen LogP contribution in [-0.4, -0.2) is 38.4 Å². The molecule has 154 valence electrons. The van der Waals surface area contributed by atoms with Crippen molar-refractivity contribution in [2.75, 3.05) is 6.54 Å². The van der Waals surface area contributed by atoms with Gasteiger partial charge in [-0.1, -0.05) is 30.0 Å². The molecule has 10 nitrogen and oxygen atoms in total. The molecule has 30 heavy (non-hydrogen) atoms. The minimum atomic E-state index is -0.709. The largest absolute Gasteiger partial charge is 0.465 e. The number of rotatable bonds is 6. The molecule has 1 aliphatic heterocycles. The van der Waals surface area contributed by atoms with E-state index >= 15 is 0 Å². The van der Waals surface area contributed by atoms with Crippen molar-refractivity contribution in [2.24, 2.45) is 0 Å². The van der Waals surface area contributed by atoms with Crippen LogP contribution in [0.2, 0.25) is 0 Å². The monoisotopic (exact) mass is 446 g/mol. The number of thioether (sulfide) groups is 1. The summed E-state index contributed by atoms with van der Waals surface area (Å²) in [6.45, 7) is 0.0265. The first kappa shape index (κ1) is 21.2. The maximum Gasteiger partial charge on any atom is 0.270 e. The average Bonchev–Trinajstić information content (AvgIpc) is 3.33. The molecular formula is C18H14N4O6S2. The number of nitrogens with zero attached hydrogens (tertiary/aromatic N) is 2. The van der Waals surface area contributed by atoms with E-state index in [1.807, 2.05) is 0 Å². The number of hydrogen-bond donors (Lipinski definition) is 2. The van der Waals surface area contributed by atoms with E-state index in [1.165, 1.54) is 29.4 Å². The first-order valence-electron chi connectivity index (χ1n) is 8.47. The van der Waals surface area contributed by atoms with Crippen LogP contribution >= 0.6 is 24.0 Å². The third-order valence-electron chi connectivity index (χ3n) is 3.89. The van der Waals surface area contributed by atoms with Gasteiger partial charge in [0.2, 0.25) is 5.91 Å². The van der Waals surface area contributed by atoms with Gasteiger partial charge in [-0.2, -0.15) is 0 Å². The van der Waals surface area contributed by atoms with E-state index in [4.69, 9.17) is 16.6 Å². The van der Waals surface area contributed by atoms with Gasteiger partial charge in [-0.15, -0.1) is 0 Å². The smallest absolute Gasteiger partial charge is 0.270 e. The molecule has 0 bridgehead atoms. The Morgan fingerprint density at radius 2 is 2.07 bits per heavy atom. The molecule has 2 heterocycles. The van der Waals surface area contributed by atoms with Crippen molar-refractivity contribution in [3.63, 3.8) is 0 Å². The molecule has 12 heteroatoms. The molecule has 1 aromatic carbocycles. The Balaban J connectivity index is 1.50. The predicted octanol–water partition coefficient (Wildman–Crippen LogP) is 2.24. The summed E-state index contributed by atoms with van der Waals surface area (Å²) in [6, 6.07) is 8.47. The van der Waals surface area contributed by atoms with Gasteiger partial charge in [0.25, 0.3) is 17.5 Å². The predicted molar refractivity (Wildman–Crippen MR) is 112 cm³/mol. The fourth-order valence-corrected chi connectivity index (χ4v) is 3.72. The standard InChI is InChI=1S/C18H14N4O6S2/c23-15(19-20-16(24)11-3-1-4-12(9-11)22(26)27)6-7-21-17(25)14(30-18(21)29)10-13-5-2-8-28-13/h1-5,8-10H,6-7H2,(H,19,23)(H,20,24). The highest BCUT2D eigenvalue weighted by Gasteiger charge is 2.32. The second-order valence-electron chi connectivity index (χ2n) is 5.91. The van der Waals surface area contributed by atoms with Crippen molar-refractivity contribution >= 4 is 57.8 Å². The third-order valence-corrected chi connectivity index (χ3v) is 5.26. The second-order valence-corrected chi connectivity index (χ2v) is 7.58. The van der Waals surface area contributed by atoms with Crippen LogP contribution in [0, 0.1) is 10.1 Å². The summed E-state index contributed by atoms with van der Waals surface area (Å²) >= 11 is 6.29. The van der Waals surface area contributed by atoms with Gasteiger partial charge in [0, 0.05) is 36.7 Å². The highest BCUT2D eigenvalue weighted by Crippen LogP contribution is 2.32. The SMILES string of the molecule is O=C(CCN1C(=O)C(=Cc2ccco2)SC1=S)NNC(=O)c1cccc([N+](=O)[O-])c1. The summed E-state index contributed by atoms with van der Waals surface area (Å²) in [5.41, 5.74) is 4.15. The summed E-state index contributed by atoms with van der Waals surface area (Å²) in [6.07, 6.45) is 2.94. The Morgan fingerprint density at radius 1 is 1.27 bits per heavy atom. The van der Waals surface area contributed by atoms with Crippen molar-refractivity contribution in [3.05, 3.63) is 69.0 Å². The number of hydrazine groups is 1. The maximum atomic E-state index is 12.4. The molecule has 1 saturated heterocycles. The molecular weight excluding hydrogens is 432 g/mol. The lowest BCUT2D eigenvalue weighted by Crippen LogP contribution is -2.43. The van der Waals surface area contributed by atoms with Crippen molar-refractivity contribution in [1.29, 1.82) is 0 Å². The number of nitrogens with one attached hydrogen (secondary N) is 2. The molecule has 0 radical (unpaired) electrons. The van der Waals surface area contributed by atoms with Crippen molar-refractivity contribution in [1.82, 2.24) is 15.8 Å². The lowest BCUT2D eigenvalue weighted by Gasteiger charge is -2.14. The lowest BCUT2D eigenvalue weighted by molar-refractivity contribution is -0.384. The number of carbonyl (C=O) groups excluding carboxylic acids is 3. The van der Waals surface area contributed by atoms with Crippen LogP contribution in [0.5, 0.6) is 0 Å². The molecule has 3 rings (SSSR count). The summed E-state index contributed by atoms with van der Waals surface area (Å²) in [4.78, 5) is 48.3. The summed E-state index contributed by atoms with van der Waals surface area (Å²) < 4.78 is 5.49. The van der Waals surface area contributed by atoms with Crippen LogP contribution in [0.3, 0.4) is 0 Å². The summed E-state index contributed by atoms with van der Waals surface area (Å²) in [5.74, 6) is -1.09. The van der Waals surface area contributed by atoms with Gasteiger partial charge in [-0.3, -0.25) is 40.2 Å². The van der Waals surface area contributed by atoms with Gasteiger partial charge in [0.15, 0.2) is 0 Å². The van der Waals surface area contributed by atoms with Gasteiger partial charge in [0.1, 0.15) is 10.1 Å². The normalized spacial score (nSPS) is 14.8. The topological polar surface area (TPSA) is 135 Å². The second kappa shape index (κ2) is 9.33. The van der Waals surface area contributed by atoms with Crippen molar-refractivity contribution < 1.29 is 23.7 Å². The number of benzene rings is 1. The maximum absolute atomic E-state index is 12.4. The van der Waals surface area contributed by atoms with E-state index in [2.05, 4.69) is 10.9 Å². The van der Waals surface area contributed by atoms with Crippen LogP contribution < -0.4 is 10.9 Å². The zero-order valence-electron chi connectivity index (χ0n) is 15.2. The first-order valence-corrected chi connectivity index (χ1v) is 9.70. The fourth-order valence-electron chi connectivity index (χ4n) is 2.43. The number of non-ortho nitro benzene ring substituents is 1. The van der Waals surface area contributed by atoms with E-state index < -0.39 is 16.7 Å². The number of thiocarbonyl (C=S) groups is 1. The minimum Gasteiger partial charge on any atom is -0.465 e. The minimum absolute atomic E-state index is 0.0181. The lowest BCUT2D eigenvalue weighted by atomic mass is 10.2. The Morgan fingerprint density at radius 3 is 2.77 bits per heavy atom. The quantitative estimate of drug-likeness (QED) is 0.299. The molecule has 0 atom stereocenters. The third kappa shape index (κ3) is 5.10. The van der Waals surface area contributed by atoms with Gasteiger partial charge in [-0.05, 0) is 18.2 Å².